The molecule has 16 nitrogen and oxygen atoms in total. The van der Waals surface area contributed by atoms with Crippen LogP contribution in [0.1, 0.15) is 247 Å². The molecule has 0 radical (unpaired) electrons. The first-order valence-corrected chi connectivity index (χ1v) is 40.5. The van der Waals surface area contributed by atoms with Crippen molar-refractivity contribution in [1.29, 1.82) is 0 Å². The Morgan fingerprint density at radius 1 is 0.202 bits per heavy atom. The molecule has 0 aliphatic heterocycles. The summed E-state index contributed by atoms with van der Waals surface area (Å²) in [6, 6.07) is 0. The SMILES string of the molecule is CCN(C)CCCN(C)C(C)(C)C.CCN(C)CCN(C)C(C)(C)C.CCN(CC)CCN(C)C(C)(C)C.CCN(CC)CCN(CC)C(C)(C)C.CCN(CC)CCN(CCN(CC)CC)C(C)(C)C.CN(C)CCCN(CCCN(C)C)C(C)(C)C.CN(C)CCCNC(C)(C)C. The minimum absolute atomic E-state index is 0.264. The average Bonchev–Trinajstić information content (AvgIpc) is 0.924. The standard InChI is InChI=1S/C16H37N3.C14H33N3.C12H28N2.2C11H26N2.C10H24N2.C9H22N2/c1-8-17(9-2)12-14-19(16(5,6)7)15-13-18(10-3)11-4;1-14(2,3)17(12-8-10-15(4)5)13-9-11-16(6)7;1-7-13(8-2)10-11-14(9-3)12(4,5)6;1-7-12(5)9-8-10-13(6)11(2,3)4;1-7-13(8-2)10-9-12(6)11(3,4)5;1-7-11(5)8-9-12(6)10(2,3)4;1-9(2,3)10-7-6-8-11(4)5/h8-15H2,1-7H3;8-13H2,1-7H3;7-11H2,1-6H3;2*7-10H2,1-6H3;7-9H2,1-6H3;10H,6-8H2,1-5H3. The van der Waals surface area contributed by atoms with Crippen LogP contribution in [-0.2, 0) is 0 Å². The Kier molecular flexibility index (Phi) is 70.4. The molecular weight excluding hydrogens is 1220 g/mol. The fraction of sp³-hybridized carbons (Fsp3) is 1.00. The van der Waals surface area contributed by atoms with E-state index in [-0.39, 0.29) is 11.1 Å². The normalized spacial score (nSPS) is 12.9. The molecule has 0 aliphatic rings. The summed E-state index contributed by atoms with van der Waals surface area (Å²) in [5, 5.41) is 3.45. The zero-order valence-corrected chi connectivity index (χ0v) is 77.0. The van der Waals surface area contributed by atoms with E-state index in [9.17, 15) is 0 Å². The molecule has 0 aromatic rings. The minimum Gasteiger partial charge on any atom is -0.312 e. The third-order valence-corrected chi connectivity index (χ3v) is 19.5. The van der Waals surface area contributed by atoms with Crippen molar-refractivity contribution in [2.75, 3.05) is 267 Å². The van der Waals surface area contributed by atoms with Crippen LogP contribution in [0, 0.1) is 0 Å². The first-order chi connectivity index (χ1) is 45.1. The molecule has 1 N–H and O–H groups in total. The van der Waals surface area contributed by atoms with Gasteiger partial charge in [0, 0.05) is 104 Å². The monoisotopic (exact) mass is 1420 g/mol. The van der Waals surface area contributed by atoms with Crippen LogP contribution in [-0.4, -0.2) is 380 Å². The van der Waals surface area contributed by atoms with Gasteiger partial charge < -0.3 is 64.1 Å². The Morgan fingerprint density at radius 2 is 0.444 bits per heavy atom. The van der Waals surface area contributed by atoms with E-state index in [1.807, 2.05) is 0 Å². The van der Waals surface area contributed by atoms with Gasteiger partial charge in [0.2, 0.25) is 0 Å². The molecule has 0 saturated carbocycles. The Labute approximate surface area is 629 Å². The van der Waals surface area contributed by atoms with Crippen molar-refractivity contribution >= 4 is 0 Å². The second-order valence-corrected chi connectivity index (χ2v) is 35.7. The van der Waals surface area contributed by atoms with Gasteiger partial charge in [0.15, 0.2) is 0 Å². The molecule has 0 rings (SSSR count). The molecule has 0 fully saturated rings. The fourth-order valence-corrected chi connectivity index (χ4v) is 10.0. The van der Waals surface area contributed by atoms with Gasteiger partial charge in [0.05, 0.1) is 0 Å². The van der Waals surface area contributed by atoms with Gasteiger partial charge in [-0.25, -0.2) is 0 Å². The quantitative estimate of drug-likeness (QED) is 0.0590. The summed E-state index contributed by atoms with van der Waals surface area (Å²) in [7, 11) is 23.7. The number of hydrogen-bond donors (Lipinski definition) is 1. The highest BCUT2D eigenvalue weighted by atomic mass is 15.3. The topological polar surface area (TPSA) is 60.6 Å². The van der Waals surface area contributed by atoms with Crippen molar-refractivity contribution in [3.63, 3.8) is 0 Å². The van der Waals surface area contributed by atoms with Crippen LogP contribution in [0.2, 0.25) is 0 Å². The summed E-state index contributed by atoms with van der Waals surface area (Å²) in [5.41, 5.74) is 2.04. The largest absolute Gasteiger partial charge is 0.312 e. The number of hydrogen-bond acceptors (Lipinski definition) is 16. The van der Waals surface area contributed by atoms with E-state index in [1.54, 1.807) is 0 Å². The molecule has 608 valence electrons. The first kappa shape index (κ1) is 112. The maximum absolute atomic E-state index is 3.45. The van der Waals surface area contributed by atoms with Gasteiger partial charge in [-0.05, 0) is 373 Å². The van der Waals surface area contributed by atoms with Crippen molar-refractivity contribution in [2.45, 2.75) is 286 Å². The molecule has 0 spiro atoms. The van der Waals surface area contributed by atoms with Gasteiger partial charge in [0.1, 0.15) is 0 Å². The molecule has 0 aromatic heterocycles. The van der Waals surface area contributed by atoms with Crippen LogP contribution in [0.4, 0.5) is 0 Å². The Bertz CT molecular complexity index is 1620. The molecule has 0 aliphatic carbocycles. The van der Waals surface area contributed by atoms with Crippen LogP contribution in [0.3, 0.4) is 0 Å². The number of rotatable bonds is 42. The summed E-state index contributed by atoms with van der Waals surface area (Å²) in [6.07, 6.45) is 5.00. The Morgan fingerprint density at radius 3 is 0.697 bits per heavy atom. The zero-order chi connectivity index (χ0) is 79.2. The van der Waals surface area contributed by atoms with E-state index in [1.165, 1.54) is 117 Å². The molecule has 0 saturated heterocycles. The Hall–Kier alpha value is -0.640. The van der Waals surface area contributed by atoms with Crippen molar-refractivity contribution < 1.29 is 0 Å². The third kappa shape index (κ3) is 75.4. The van der Waals surface area contributed by atoms with Crippen molar-refractivity contribution in [3.8, 4) is 0 Å². The molecule has 99 heavy (non-hydrogen) atoms. The van der Waals surface area contributed by atoms with Crippen LogP contribution in [0.5, 0.6) is 0 Å². The zero-order valence-electron chi connectivity index (χ0n) is 77.0. The maximum atomic E-state index is 3.45. The summed E-state index contributed by atoms with van der Waals surface area (Å²) < 4.78 is 0. The van der Waals surface area contributed by atoms with E-state index >= 15 is 0 Å². The highest BCUT2D eigenvalue weighted by Gasteiger charge is 2.24. The number of likely N-dealkylation sites (N-methyl/N-ethyl adjacent to an activating group) is 8. The lowest BCUT2D eigenvalue weighted by molar-refractivity contribution is 0.102. The molecule has 0 amide bonds. The first-order valence-electron chi connectivity index (χ1n) is 40.5. The van der Waals surface area contributed by atoms with Gasteiger partial charge >= 0.3 is 0 Å². The molecule has 16 heteroatoms. The summed E-state index contributed by atoms with van der Waals surface area (Å²) >= 11 is 0. The van der Waals surface area contributed by atoms with Crippen molar-refractivity contribution in [3.05, 3.63) is 0 Å². The van der Waals surface area contributed by atoms with Gasteiger partial charge in [-0.2, -0.15) is 0 Å². The Balaban J connectivity index is -0.000000201. The van der Waals surface area contributed by atoms with Crippen molar-refractivity contribution in [2.24, 2.45) is 0 Å². The second kappa shape index (κ2) is 62.4. The lowest BCUT2D eigenvalue weighted by atomic mass is 10.1. The van der Waals surface area contributed by atoms with E-state index in [0.717, 1.165) is 98.2 Å². The fourth-order valence-electron chi connectivity index (χ4n) is 10.0. The van der Waals surface area contributed by atoms with Crippen LogP contribution in [0.15, 0.2) is 0 Å². The minimum atomic E-state index is 0.264. The van der Waals surface area contributed by atoms with Gasteiger partial charge in [-0.15, -0.1) is 0 Å². The molecule has 0 bridgehead atoms. The summed E-state index contributed by atoms with van der Waals surface area (Å²) in [4.78, 5) is 36.4. The second-order valence-electron chi connectivity index (χ2n) is 35.7. The van der Waals surface area contributed by atoms with Crippen LogP contribution < -0.4 is 5.32 Å². The highest BCUT2D eigenvalue weighted by molar-refractivity contribution is 4.81. The van der Waals surface area contributed by atoms with E-state index in [4.69, 9.17) is 0 Å². The van der Waals surface area contributed by atoms with Gasteiger partial charge in [-0.3, -0.25) is 14.7 Å². The molecule has 0 atom stereocenters. The predicted octanol–water partition coefficient (Wildman–Crippen LogP) is 14.3. The third-order valence-electron chi connectivity index (χ3n) is 19.5. The number of nitrogens with zero attached hydrogens (tertiary/aromatic N) is 15. The van der Waals surface area contributed by atoms with E-state index in [0.29, 0.717) is 27.7 Å². The maximum Gasteiger partial charge on any atom is 0.0126 e. The smallest absolute Gasteiger partial charge is 0.0126 e. The van der Waals surface area contributed by atoms with E-state index in [2.05, 4.69) is 378 Å². The summed E-state index contributed by atoms with van der Waals surface area (Å²) in [5.74, 6) is 0. The molecule has 0 unspecified atom stereocenters. The molecular formula is C83H196N16. The van der Waals surface area contributed by atoms with Crippen LogP contribution >= 0.6 is 0 Å². The average molecular weight is 1420 g/mol. The summed E-state index contributed by atoms with van der Waals surface area (Å²) in [6.45, 7) is 106. The molecule has 0 heterocycles. The van der Waals surface area contributed by atoms with E-state index < -0.39 is 0 Å². The molecule has 0 aromatic carbocycles. The van der Waals surface area contributed by atoms with Gasteiger partial charge in [0.25, 0.3) is 0 Å². The lowest BCUT2D eigenvalue weighted by Crippen LogP contribution is -2.48. The number of nitrogens with one attached hydrogen (secondary N) is 1. The highest BCUT2D eigenvalue weighted by Crippen LogP contribution is 2.17. The van der Waals surface area contributed by atoms with Crippen molar-refractivity contribution in [1.82, 2.24) is 78.8 Å². The lowest BCUT2D eigenvalue weighted by Gasteiger charge is -2.38. The predicted molar refractivity (Wildman–Crippen MR) is 456 cm³/mol. The van der Waals surface area contributed by atoms with Crippen LogP contribution in [0.25, 0.3) is 0 Å². The van der Waals surface area contributed by atoms with Gasteiger partial charge in [-0.1, -0.05) is 76.2 Å².